The number of rotatable bonds is 2. The normalized spacial score (nSPS) is 21.8. The van der Waals surface area contributed by atoms with Crippen LogP contribution in [0.25, 0.3) is 10.9 Å². The second-order valence-electron chi connectivity index (χ2n) is 6.13. The number of aliphatic carboxylic acids is 1. The van der Waals surface area contributed by atoms with Crippen molar-refractivity contribution in [2.75, 3.05) is 31.2 Å². The zero-order valence-corrected chi connectivity index (χ0v) is 12.5. The van der Waals surface area contributed by atoms with Crippen molar-refractivity contribution in [2.24, 2.45) is 0 Å². The van der Waals surface area contributed by atoms with Crippen LogP contribution in [0.1, 0.15) is 30.0 Å². The van der Waals surface area contributed by atoms with E-state index in [0.29, 0.717) is 0 Å². The Morgan fingerprint density at radius 1 is 1.32 bits per heavy atom. The van der Waals surface area contributed by atoms with Gasteiger partial charge in [-0.25, -0.2) is 0 Å². The van der Waals surface area contributed by atoms with E-state index in [4.69, 9.17) is 4.74 Å². The minimum atomic E-state index is -0.721. The number of fused-ring (bicyclic) bond motifs is 3. The first-order chi connectivity index (χ1) is 10.7. The largest absolute Gasteiger partial charge is 0.481 e. The molecular formula is C17H20N2O3. The third-order valence-corrected chi connectivity index (χ3v) is 4.87. The van der Waals surface area contributed by atoms with Crippen molar-refractivity contribution in [3.63, 3.8) is 0 Å². The highest BCUT2D eigenvalue weighted by atomic mass is 16.5. The first kappa shape index (κ1) is 13.6. The minimum Gasteiger partial charge on any atom is -0.481 e. The van der Waals surface area contributed by atoms with E-state index >= 15 is 0 Å². The summed E-state index contributed by atoms with van der Waals surface area (Å²) >= 11 is 0. The Kier molecular flexibility index (Phi) is 3.30. The monoisotopic (exact) mass is 300 g/mol. The van der Waals surface area contributed by atoms with Crippen LogP contribution >= 0.6 is 0 Å². The van der Waals surface area contributed by atoms with Gasteiger partial charge in [-0.05, 0) is 43.0 Å². The van der Waals surface area contributed by atoms with E-state index < -0.39 is 5.97 Å². The number of carboxylic acid groups (broad SMARTS) is 1. The SMILES string of the molecule is O=C(O)C1CCCc2c1[nH]c1ccc(N3CCOCC3)cc21. The summed E-state index contributed by atoms with van der Waals surface area (Å²) in [6, 6.07) is 6.41. The number of aryl methyl sites for hydroxylation is 1. The van der Waals surface area contributed by atoms with E-state index in [-0.39, 0.29) is 5.92 Å². The molecule has 1 aliphatic heterocycles. The highest BCUT2D eigenvalue weighted by Gasteiger charge is 2.29. The minimum absolute atomic E-state index is 0.386. The highest BCUT2D eigenvalue weighted by Crippen LogP contribution is 2.37. The maximum absolute atomic E-state index is 11.5. The number of aromatic nitrogens is 1. The Morgan fingerprint density at radius 3 is 2.91 bits per heavy atom. The zero-order chi connectivity index (χ0) is 15.1. The second-order valence-corrected chi connectivity index (χ2v) is 6.13. The average molecular weight is 300 g/mol. The predicted molar refractivity (Wildman–Crippen MR) is 84.6 cm³/mol. The number of H-pyrrole nitrogens is 1. The summed E-state index contributed by atoms with van der Waals surface area (Å²) in [4.78, 5) is 17.2. The van der Waals surface area contributed by atoms with Gasteiger partial charge in [0.05, 0.1) is 19.1 Å². The number of ether oxygens (including phenoxy) is 1. The first-order valence-corrected chi connectivity index (χ1v) is 7.94. The fourth-order valence-corrected chi connectivity index (χ4v) is 3.72. The molecule has 0 bridgehead atoms. The van der Waals surface area contributed by atoms with Gasteiger partial charge in [0.2, 0.25) is 0 Å². The molecule has 0 saturated carbocycles. The topological polar surface area (TPSA) is 65.6 Å². The van der Waals surface area contributed by atoms with Crippen molar-refractivity contribution in [3.05, 3.63) is 29.5 Å². The van der Waals surface area contributed by atoms with Gasteiger partial charge in [0.15, 0.2) is 0 Å². The Hall–Kier alpha value is -2.01. The van der Waals surface area contributed by atoms with Crippen LogP contribution in [0.5, 0.6) is 0 Å². The van der Waals surface area contributed by atoms with Crippen molar-refractivity contribution in [2.45, 2.75) is 25.2 Å². The van der Waals surface area contributed by atoms with Crippen LogP contribution in [-0.4, -0.2) is 42.4 Å². The van der Waals surface area contributed by atoms with Crippen LogP contribution in [0.3, 0.4) is 0 Å². The van der Waals surface area contributed by atoms with Gasteiger partial charge in [-0.2, -0.15) is 0 Å². The van der Waals surface area contributed by atoms with Crippen LogP contribution in [0.15, 0.2) is 18.2 Å². The van der Waals surface area contributed by atoms with Gasteiger partial charge in [-0.1, -0.05) is 0 Å². The van der Waals surface area contributed by atoms with Gasteiger partial charge >= 0.3 is 5.97 Å². The fraction of sp³-hybridized carbons (Fsp3) is 0.471. The van der Waals surface area contributed by atoms with Gasteiger partial charge < -0.3 is 19.7 Å². The number of nitrogens with one attached hydrogen (secondary N) is 1. The van der Waals surface area contributed by atoms with Gasteiger partial charge in [-0.15, -0.1) is 0 Å². The molecule has 2 heterocycles. The third kappa shape index (κ3) is 2.16. The van der Waals surface area contributed by atoms with E-state index in [1.165, 1.54) is 16.6 Å². The molecule has 1 atom stereocenters. The summed E-state index contributed by atoms with van der Waals surface area (Å²) in [6.45, 7) is 3.36. The smallest absolute Gasteiger partial charge is 0.312 e. The molecule has 0 radical (unpaired) electrons. The number of nitrogens with zero attached hydrogens (tertiary/aromatic N) is 1. The van der Waals surface area contributed by atoms with Crippen LogP contribution in [0.4, 0.5) is 5.69 Å². The average Bonchev–Trinajstić information content (AvgIpc) is 2.93. The molecule has 1 unspecified atom stereocenters. The molecule has 0 amide bonds. The molecule has 1 aromatic heterocycles. The maximum Gasteiger partial charge on any atom is 0.312 e. The lowest BCUT2D eigenvalue weighted by Crippen LogP contribution is -2.36. The van der Waals surface area contributed by atoms with E-state index in [1.807, 2.05) is 0 Å². The van der Waals surface area contributed by atoms with Gasteiger partial charge in [0, 0.05) is 35.4 Å². The Balaban J connectivity index is 1.78. The summed E-state index contributed by atoms with van der Waals surface area (Å²) in [5.41, 5.74) is 4.36. The Labute approximate surface area is 128 Å². The molecule has 1 fully saturated rings. The molecule has 2 N–H and O–H groups in total. The van der Waals surface area contributed by atoms with E-state index in [9.17, 15) is 9.90 Å². The third-order valence-electron chi connectivity index (χ3n) is 4.87. The van der Waals surface area contributed by atoms with Crippen molar-refractivity contribution < 1.29 is 14.6 Å². The van der Waals surface area contributed by atoms with E-state index in [0.717, 1.165) is 56.8 Å². The summed E-state index contributed by atoms with van der Waals surface area (Å²) < 4.78 is 5.41. The van der Waals surface area contributed by atoms with Crippen LogP contribution in [0.2, 0.25) is 0 Å². The number of hydrogen-bond donors (Lipinski definition) is 2. The summed E-state index contributed by atoms with van der Waals surface area (Å²) in [5, 5.41) is 10.6. The number of carbonyl (C=O) groups is 1. The Bertz CT molecular complexity index is 716. The molecule has 1 aliphatic carbocycles. The van der Waals surface area contributed by atoms with Crippen molar-refractivity contribution in [1.29, 1.82) is 0 Å². The molecule has 5 heteroatoms. The van der Waals surface area contributed by atoms with Crippen molar-refractivity contribution in [1.82, 2.24) is 4.98 Å². The molecule has 22 heavy (non-hydrogen) atoms. The van der Waals surface area contributed by atoms with Crippen LogP contribution in [-0.2, 0) is 16.0 Å². The summed E-state index contributed by atoms with van der Waals surface area (Å²) in [6.07, 6.45) is 2.63. The molecule has 4 rings (SSSR count). The molecule has 5 nitrogen and oxygen atoms in total. The Morgan fingerprint density at radius 2 is 2.14 bits per heavy atom. The zero-order valence-electron chi connectivity index (χ0n) is 12.5. The molecule has 0 spiro atoms. The number of morpholine rings is 1. The molecular weight excluding hydrogens is 280 g/mol. The quantitative estimate of drug-likeness (QED) is 0.894. The van der Waals surface area contributed by atoms with E-state index in [2.05, 4.69) is 28.1 Å². The first-order valence-electron chi connectivity index (χ1n) is 7.94. The number of carboxylic acids is 1. The fourth-order valence-electron chi connectivity index (χ4n) is 3.72. The van der Waals surface area contributed by atoms with Gasteiger partial charge in [-0.3, -0.25) is 4.79 Å². The van der Waals surface area contributed by atoms with Crippen molar-refractivity contribution in [3.8, 4) is 0 Å². The summed E-state index contributed by atoms with van der Waals surface area (Å²) in [7, 11) is 0. The highest BCUT2D eigenvalue weighted by molar-refractivity contribution is 5.90. The predicted octanol–water partition coefficient (Wildman–Crippen LogP) is 2.51. The van der Waals surface area contributed by atoms with Crippen molar-refractivity contribution >= 4 is 22.6 Å². The lowest BCUT2D eigenvalue weighted by atomic mass is 9.87. The number of hydrogen-bond acceptors (Lipinski definition) is 3. The standard InChI is InChI=1S/C17H20N2O3/c20-17(21)13-3-1-2-12-14-10-11(19-6-8-22-9-7-19)4-5-15(14)18-16(12)13/h4-5,10,13,18H,1-3,6-9H2,(H,20,21). The maximum atomic E-state index is 11.5. The molecule has 2 aliphatic rings. The number of anilines is 1. The molecule has 2 aromatic rings. The lowest BCUT2D eigenvalue weighted by molar-refractivity contribution is -0.139. The summed E-state index contributed by atoms with van der Waals surface area (Å²) in [5.74, 6) is -1.11. The molecule has 1 saturated heterocycles. The van der Waals surface area contributed by atoms with Crippen LogP contribution < -0.4 is 4.90 Å². The molecule has 116 valence electrons. The van der Waals surface area contributed by atoms with Crippen LogP contribution in [0, 0.1) is 0 Å². The van der Waals surface area contributed by atoms with E-state index in [1.54, 1.807) is 0 Å². The van der Waals surface area contributed by atoms with Gasteiger partial charge in [0.1, 0.15) is 0 Å². The number of aromatic amines is 1. The molecule has 1 aromatic carbocycles. The lowest BCUT2D eigenvalue weighted by Gasteiger charge is -2.29. The van der Waals surface area contributed by atoms with Gasteiger partial charge in [0.25, 0.3) is 0 Å². The number of benzene rings is 1. The second kappa shape index (κ2) is 5.32.